The zero-order valence-electron chi connectivity index (χ0n) is 8.12. The van der Waals surface area contributed by atoms with Crippen LogP contribution in [0.4, 0.5) is 5.69 Å². The quantitative estimate of drug-likeness (QED) is 0.683. The van der Waals surface area contributed by atoms with Crippen molar-refractivity contribution < 1.29 is 0 Å². The minimum Gasteiger partial charge on any atom is -0.383 e. The number of anilines is 1. The van der Waals surface area contributed by atoms with Crippen LogP contribution in [0, 0.1) is 0 Å². The molecule has 74 valence electrons. The SMILES string of the molecule is CC(N)CNc1ccnc2[nH]ccc12. The molecule has 2 heterocycles. The molecule has 0 bridgehead atoms. The standard InChI is InChI=1S/C10H14N4/c1-7(11)6-14-9-3-5-13-10-8(9)2-4-12-10/h2-5,7H,6,11H2,1H3,(H2,12,13,14). The van der Waals surface area contributed by atoms with Crippen LogP contribution in [0.5, 0.6) is 0 Å². The van der Waals surface area contributed by atoms with Crippen molar-refractivity contribution in [3.05, 3.63) is 24.5 Å². The van der Waals surface area contributed by atoms with Gasteiger partial charge in [0.05, 0.1) is 0 Å². The zero-order chi connectivity index (χ0) is 9.97. The highest BCUT2D eigenvalue weighted by Gasteiger charge is 2.02. The summed E-state index contributed by atoms with van der Waals surface area (Å²) in [6.45, 7) is 2.74. The topological polar surface area (TPSA) is 66.7 Å². The van der Waals surface area contributed by atoms with Gasteiger partial charge in [0.2, 0.25) is 0 Å². The van der Waals surface area contributed by atoms with Gasteiger partial charge in [-0.05, 0) is 19.1 Å². The van der Waals surface area contributed by atoms with Crippen molar-refractivity contribution in [1.82, 2.24) is 9.97 Å². The summed E-state index contributed by atoms with van der Waals surface area (Å²) in [4.78, 5) is 7.27. The molecule has 0 saturated carbocycles. The Kier molecular flexibility index (Phi) is 2.37. The second-order valence-electron chi connectivity index (χ2n) is 3.46. The van der Waals surface area contributed by atoms with E-state index in [1.807, 2.05) is 25.3 Å². The van der Waals surface area contributed by atoms with Crippen LogP contribution in [0.25, 0.3) is 11.0 Å². The summed E-state index contributed by atoms with van der Waals surface area (Å²) in [7, 11) is 0. The smallest absolute Gasteiger partial charge is 0.139 e. The third-order valence-corrected chi connectivity index (χ3v) is 2.07. The maximum Gasteiger partial charge on any atom is 0.139 e. The molecule has 2 aromatic rings. The first-order chi connectivity index (χ1) is 6.77. The van der Waals surface area contributed by atoms with Crippen LogP contribution in [-0.4, -0.2) is 22.6 Å². The lowest BCUT2D eigenvalue weighted by Gasteiger charge is -2.09. The lowest BCUT2D eigenvalue weighted by atomic mass is 10.2. The molecule has 1 unspecified atom stereocenters. The summed E-state index contributed by atoms with van der Waals surface area (Å²) in [5.41, 5.74) is 7.65. The minimum atomic E-state index is 0.150. The molecule has 0 saturated heterocycles. The summed E-state index contributed by atoms with van der Waals surface area (Å²) in [5.74, 6) is 0. The van der Waals surface area contributed by atoms with Gasteiger partial charge >= 0.3 is 0 Å². The third-order valence-electron chi connectivity index (χ3n) is 2.07. The summed E-state index contributed by atoms with van der Waals surface area (Å²) in [6.07, 6.45) is 3.66. The fourth-order valence-corrected chi connectivity index (χ4v) is 1.39. The second-order valence-corrected chi connectivity index (χ2v) is 3.46. The third kappa shape index (κ3) is 1.70. The first-order valence-electron chi connectivity index (χ1n) is 4.69. The van der Waals surface area contributed by atoms with Gasteiger partial charge in [-0.2, -0.15) is 0 Å². The fraction of sp³-hybridized carbons (Fsp3) is 0.300. The Morgan fingerprint density at radius 3 is 3.21 bits per heavy atom. The van der Waals surface area contributed by atoms with Crippen LogP contribution >= 0.6 is 0 Å². The highest BCUT2D eigenvalue weighted by Crippen LogP contribution is 2.19. The molecule has 0 aromatic carbocycles. The van der Waals surface area contributed by atoms with Crippen LogP contribution in [0.2, 0.25) is 0 Å². The number of fused-ring (bicyclic) bond motifs is 1. The first-order valence-corrected chi connectivity index (χ1v) is 4.69. The molecule has 0 spiro atoms. The maximum atomic E-state index is 5.67. The number of aromatic amines is 1. The maximum absolute atomic E-state index is 5.67. The largest absolute Gasteiger partial charge is 0.383 e. The Labute approximate surface area is 82.5 Å². The molecule has 4 nitrogen and oxygen atoms in total. The number of pyridine rings is 1. The summed E-state index contributed by atoms with van der Waals surface area (Å²) >= 11 is 0. The van der Waals surface area contributed by atoms with Crippen LogP contribution in [0.1, 0.15) is 6.92 Å². The van der Waals surface area contributed by atoms with Gasteiger partial charge in [-0.3, -0.25) is 0 Å². The average Bonchev–Trinajstić information content (AvgIpc) is 2.62. The van der Waals surface area contributed by atoms with Crippen molar-refractivity contribution >= 4 is 16.7 Å². The number of hydrogen-bond acceptors (Lipinski definition) is 3. The predicted molar refractivity (Wildman–Crippen MR) is 58.2 cm³/mol. The van der Waals surface area contributed by atoms with Crippen LogP contribution in [0.15, 0.2) is 24.5 Å². The summed E-state index contributed by atoms with van der Waals surface area (Å²) in [5, 5.41) is 4.39. The van der Waals surface area contributed by atoms with Crippen molar-refractivity contribution in [2.75, 3.05) is 11.9 Å². The molecule has 4 heteroatoms. The van der Waals surface area contributed by atoms with Gasteiger partial charge in [-0.15, -0.1) is 0 Å². The molecule has 2 rings (SSSR count). The van der Waals surface area contributed by atoms with Gasteiger partial charge in [-0.25, -0.2) is 4.98 Å². The number of hydrogen-bond donors (Lipinski definition) is 3. The molecule has 0 amide bonds. The molecule has 0 fully saturated rings. The van der Waals surface area contributed by atoms with Gasteiger partial charge in [-0.1, -0.05) is 0 Å². The van der Waals surface area contributed by atoms with Crippen molar-refractivity contribution in [2.24, 2.45) is 5.73 Å². The normalized spacial score (nSPS) is 13.0. The second kappa shape index (κ2) is 3.67. The van der Waals surface area contributed by atoms with E-state index in [0.29, 0.717) is 0 Å². The Morgan fingerprint density at radius 1 is 1.57 bits per heavy atom. The molecular formula is C10H14N4. The van der Waals surface area contributed by atoms with Crippen molar-refractivity contribution in [3.8, 4) is 0 Å². The van der Waals surface area contributed by atoms with E-state index < -0.39 is 0 Å². The fourth-order valence-electron chi connectivity index (χ4n) is 1.39. The van der Waals surface area contributed by atoms with Gasteiger partial charge in [0.1, 0.15) is 5.65 Å². The van der Waals surface area contributed by atoms with Crippen LogP contribution in [-0.2, 0) is 0 Å². The monoisotopic (exact) mass is 190 g/mol. The number of rotatable bonds is 3. The van der Waals surface area contributed by atoms with Crippen molar-refractivity contribution in [1.29, 1.82) is 0 Å². The molecule has 1 atom stereocenters. The minimum absolute atomic E-state index is 0.150. The molecule has 0 aliphatic rings. The van der Waals surface area contributed by atoms with Gasteiger partial charge < -0.3 is 16.0 Å². The van der Waals surface area contributed by atoms with Gasteiger partial charge in [0, 0.05) is 36.1 Å². The van der Waals surface area contributed by atoms with Gasteiger partial charge in [0.15, 0.2) is 0 Å². The van der Waals surface area contributed by atoms with E-state index in [9.17, 15) is 0 Å². The van der Waals surface area contributed by atoms with E-state index in [1.54, 1.807) is 6.20 Å². The van der Waals surface area contributed by atoms with Crippen LogP contribution in [0.3, 0.4) is 0 Å². The Hall–Kier alpha value is -1.55. The Morgan fingerprint density at radius 2 is 2.43 bits per heavy atom. The number of nitrogens with one attached hydrogen (secondary N) is 2. The number of aromatic nitrogens is 2. The average molecular weight is 190 g/mol. The molecule has 4 N–H and O–H groups in total. The molecule has 0 radical (unpaired) electrons. The Bertz CT molecular complexity index is 419. The number of nitrogens with two attached hydrogens (primary N) is 1. The summed E-state index contributed by atoms with van der Waals surface area (Å²) < 4.78 is 0. The van der Waals surface area contributed by atoms with Gasteiger partial charge in [0.25, 0.3) is 0 Å². The Balaban J connectivity index is 2.27. The van der Waals surface area contributed by atoms with E-state index in [0.717, 1.165) is 23.3 Å². The van der Waals surface area contributed by atoms with Crippen molar-refractivity contribution in [3.63, 3.8) is 0 Å². The molecule has 14 heavy (non-hydrogen) atoms. The number of H-pyrrole nitrogens is 1. The highest BCUT2D eigenvalue weighted by atomic mass is 14.9. The van der Waals surface area contributed by atoms with Crippen LogP contribution < -0.4 is 11.1 Å². The van der Waals surface area contributed by atoms with E-state index in [2.05, 4.69) is 15.3 Å². The molecule has 0 aliphatic carbocycles. The van der Waals surface area contributed by atoms with E-state index in [4.69, 9.17) is 5.73 Å². The van der Waals surface area contributed by atoms with E-state index in [1.165, 1.54) is 0 Å². The highest BCUT2D eigenvalue weighted by molar-refractivity contribution is 5.89. The molecule has 2 aromatic heterocycles. The first kappa shape index (κ1) is 9.02. The zero-order valence-corrected chi connectivity index (χ0v) is 8.12. The molecule has 0 aliphatic heterocycles. The predicted octanol–water partition coefficient (Wildman–Crippen LogP) is 1.32. The van der Waals surface area contributed by atoms with E-state index >= 15 is 0 Å². The number of nitrogens with zero attached hydrogens (tertiary/aromatic N) is 1. The van der Waals surface area contributed by atoms with Crippen molar-refractivity contribution in [2.45, 2.75) is 13.0 Å². The molecular weight excluding hydrogens is 176 g/mol. The summed E-state index contributed by atoms with van der Waals surface area (Å²) in [6, 6.07) is 4.11. The van der Waals surface area contributed by atoms with E-state index in [-0.39, 0.29) is 6.04 Å². The lowest BCUT2D eigenvalue weighted by Crippen LogP contribution is -2.25. The lowest BCUT2D eigenvalue weighted by molar-refractivity contribution is 0.781.